The van der Waals surface area contributed by atoms with E-state index >= 15 is 0 Å². The van der Waals surface area contributed by atoms with Crippen LogP contribution in [0.25, 0.3) is 5.69 Å². The number of hydrogen-bond donors (Lipinski definition) is 0. The van der Waals surface area contributed by atoms with Gasteiger partial charge in [-0.3, -0.25) is 14.9 Å². The van der Waals surface area contributed by atoms with E-state index in [0.717, 1.165) is 55.1 Å². The molecule has 4 heterocycles. The highest BCUT2D eigenvalue weighted by molar-refractivity contribution is 6.33. The van der Waals surface area contributed by atoms with E-state index in [1.807, 2.05) is 0 Å². The highest BCUT2D eigenvalue weighted by Crippen LogP contribution is 2.32. The van der Waals surface area contributed by atoms with E-state index in [2.05, 4.69) is 24.8 Å². The van der Waals surface area contributed by atoms with Crippen molar-refractivity contribution in [1.82, 2.24) is 24.5 Å². The molecule has 11 heteroatoms. The number of aromatic nitrogens is 5. The van der Waals surface area contributed by atoms with Gasteiger partial charge < -0.3 is 9.47 Å². The minimum Gasteiger partial charge on any atom is -0.368 e. The number of aryl methyl sites for hydroxylation is 1. The smallest absolute Gasteiger partial charge is 0.292 e. The maximum Gasteiger partial charge on any atom is 0.292 e. The first-order chi connectivity index (χ1) is 15.0. The normalized spacial score (nSPS) is 18.2. The largest absolute Gasteiger partial charge is 0.368 e. The molecule has 0 bridgehead atoms. The molecule has 1 saturated heterocycles. The molecule has 0 N–H and O–H groups in total. The van der Waals surface area contributed by atoms with Crippen LogP contribution in [-0.4, -0.2) is 42.6 Å². The molecule has 1 unspecified atom stereocenters. The Morgan fingerprint density at radius 3 is 2.71 bits per heavy atom. The van der Waals surface area contributed by atoms with Crippen molar-refractivity contribution >= 4 is 23.0 Å². The Kier molecular flexibility index (Phi) is 4.93. The van der Waals surface area contributed by atoms with Crippen LogP contribution in [0.3, 0.4) is 0 Å². The van der Waals surface area contributed by atoms with E-state index in [-0.39, 0.29) is 16.6 Å². The molecule has 1 atom stereocenters. The molecule has 1 aromatic carbocycles. The maximum absolute atomic E-state index is 12.9. The maximum atomic E-state index is 12.9. The van der Waals surface area contributed by atoms with Crippen LogP contribution >= 0.6 is 11.6 Å². The highest BCUT2D eigenvalue weighted by Gasteiger charge is 2.30. The van der Waals surface area contributed by atoms with Crippen molar-refractivity contribution < 1.29 is 4.92 Å². The summed E-state index contributed by atoms with van der Waals surface area (Å²) in [5.41, 5.74) is 0.493. The highest BCUT2D eigenvalue weighted by atomic mass is 35.5. The van der Waals surface area contributed by atoms with E-state index in [1.165, 1.54) is 24.3 Å². The molecule has 10 nitrogen and oxygen atoms in total. The summed E-state index contributed by atoms with van der Waals surface area (Å²) in [6.45, 7) is 2.43. The molecule has 0 aliphatic carbocycles. The molecule has 5 rings (SSSR count). The Hall–Kier alpha value is -3.27. The van der Waals surface area contributed by atoms with Crippen LogP contribution in [0, 0.1) is 10.1 Å². The predicted octanol–water partition coefficient (Wildman–Crippen LogP) is 2.72. The third kappa shape index (κ3) is 3.46. The Morgan fingerprint density at radius 1 is 1.13 bits per heavy atom. The number of benzene rings is 1. The van der Waals surface area contributed by atoms with E-state index in [4.69, 9.17) is 11.6 Å². The summed E-state index contributed by atoms with van der Waals surface area (Å²) in [6.07, 6.45) is 5.63. The summed E-state index contributed by atoms with van der Waals surface area (Å²) in [5.74, 6) is 2.29. The van der Waals surface area contributed by atoms with Gasteiger partial charge in [0.2, 0.25) is 0 Å². The topological polar surface area (TPSA) is 112 Å². The van der Waals surface area contributed by atoms with Gasteiger partial charge in [0.25, 0.3) is 11.2 Å². The molecule has 0 saturated carbocycles. The summed E-state index contributed by atoms with van der Waals surface area (Å²) in [4.78, 5) is 25.3. The van der Waals surface area contributed by atoms with Gasteiger partial charge in [0, 0.05) is 44.1 Å². The lowest BCUT2D eigenvalue weighted by molar-refractivity contribution is -0.384. The minimum absolute atomic E-state index is 0.0566. The lowest BCUT2D eigenvalue weighted by Gasteiger charge is -2.34. The molecule has 31 heavy (non-hydrogen) atoms. The number of anilines is 1. The number of nitro benzene ring substituents is 1. The van der Waals surface area contributed by atoms with Crippen molar-refractivity contribution in [3.63, 3.8) is 0 Å². The fraction of sp³-hybridized carbons (Fsp3) is 0.400. The number of non-ortho nitro benzene ring substituents is 1. The van der Waals surface area contributed by atoms with E-state index in [0.29, 0.717) is 17.9 Å². The Morgan fingerprint density at radius 2 is 1.94 bits per heavy atom. The van der Waals surface area contributed by atoms with Crippen LogP contribution in [0.2, 0.25) is 5.02 Å². The zero-order valence-corrected chi connectivity index (χ0v) is 17.4. The molecule has 2 aliphatic rings. The molecule has 0 spiro atoms. The minimum atomic E-state index is -0.492. The SMILES string of the molecule is O=c1c(Cl)c(N2CCCC(c3nnc4n3CCC4)C2)cnn1-c1ccc([N+](=O)[O-])cc1. The number of hydrogen-bond acceptors (Lipinski definition) is 7. The second-order valence-corrected chi connectivity index (χ2v) is 8.23. The number of rotatable bonds is 4. The third-order valence-corrected chi connectivity index (χ3v) is 6.33. The first kappa shape index (κ1) is 19.7. The number of nitrogens with zero attached hydrogens (tertiary/aromatic N) is 7. The van der Waals surface area contributed by atoms with Crippen LogP contribution in [0.1, 0.15) is 36.8 Å². The molecular formula is C20H20ClN7O3. The van der Waals surface area contributed by atoms with Gasteiger partial charge in [-0.2, -0.15) is 9.78 Å². The Bertz CT molecular complexity index is 1200. The zero-order valence-electron chi connectivity index (χ0n) is 16.6. The molecular weight excluding hydrogens is 422 g/mol. The van der Waals surface area contributed by atoms with E-state index in [1.54, 1.807) is 6.20 Å². The van der Waals surface area contributed by atoms with E-state index < -0.39 is 10.5 Å². The predicted molar refractivity (Wildman–Crippen MR) is 114 cm³/mol. The van der Waals surface area contributed by atoms with Gasteiger partial charge in [-0.25, -0.2) is 0 Å². The number of nitro groups is 1. The first-order valence-corrected chi connectivity index (χ1v) is 10.6. The van der Waals surface area contributed by atoms with E-state index in [9.17, 15) is 14.9 Å². The quantitative estimate of drug-likeness (QED) is 0.452. The van der Waals surface area contributed by atoms with Crippen LogP contribution in [0.15, 0.2) is 35.3 Å². The molecule has 2 aromatic heterocycles. The van der Waals surface area contributed by atoms with Crippen molar-refractivity contribution in [2.45, 2.75) is 38.1 Å². The molecule has 3 aromatic rings. The average Bonchev–Trinajstić information content (AvgIpc) is 3.40. The molecule has 0 amide bonds. The Balaban J connectivity index is 1.42. The summed E-state index contributed by atoms with van der Waals surface area (Å²) in [5, 5.41) is 24.0. The Labute approximate surface area is 182 Å². The summed E-state index contributed by atoms with van der Waals surface area (Å²) >= 11 is 6.47. The lowest BCUT2D eigenvalue weighted by atomic mass is 9.97. The van der Waals surface area contributed by atoms with Crippen molar-refractivity contribution in [3.05, 3.63) is 67.6 Å². The fourth-order valence-electron chi connectivity index (χ4n) is 4.43. The second-order valence-electron chi connectivity index (χ2n) is 7.85. The number of fused-ring (bicyclic) bond motifs is 1. The van der Waals surface area contributed by atoms with Gasteiger partial charge in [-0.1, -0.05) is 11.6 Å². The van der Waals surface area contributed by atoms with Crippen LogP contribution < -0.4 is 10.5 Å². The number of piperidine rings is 1. The standard InChI is InChI=1S/C20H20ClN7O3/c21-18-16(11-22-27(20(18)29)14-5-7-15(8-6-14)28(30)31)25-9-1-3-13(12-25)19-24-23-17-4-2-10-26(17)19/h5-8,11,13H,1-4,9-10,12H2. The van der Waals surface area contributed by atoms with Crippen molar-refractivity contribution in [2.24, 2.45) is 0 Å². The van der Waals surface area contributed by atoms with Crippen molar-refractivity contribution in [1.29, 1.82) is 0 Å². The molecule has 160 valence electrons. The van der Waals surface area contributed by atoms with Crippen molar-refractivity contribution in [2.75, 3.05) is 18.0 Å². The van der Waals surface area contributed by atoms with Gasteiger partial charge in [0.1, 0.15) is 16.7 Å². The summed E-state index contributed by atoms with van der Waals surface area (Å²) in [6, 6.07) is 5.62. The van der Waals surface area contributed by atoms with Gasteiger partial charge in [0.05, 0.1) is 22.5 Å². The first-order valence-electron chi connectivity index (χ1n) is 10.2. The summed E-state index contributed by atoms with van der Waals surface area (Å²) < 4.78 is 3.38. The molecule has 1 fully saturated rings. The van der Waals surface area contributed by atoms with Gasteiger partial charge in [-0.15, -0.1) is 10.2 Å². The summed E-state index contributed by atoms with van der Waals surface area (Å²) in [7, 11) is 0. The van der Waals surface area contributed by atoms with Gasteiger partial charge >= 0.3 is 0 Å². The molecule has 2 aliphatic heterocycles. The number of halogens is 1. The second kappa shape index (κ2) is 7.77. The average molecular weight is 442 g/mol. The van der Waals surface area contributed by atoms with Gasteiger partial charge in [0.15, 0.2) is 0 Å². The van der Waals surface area contributed by atoms with Crippen molar-refractivity contribution in [3.8, 4) is 5.69 Å². The molecule has 0 radical (unpaired) electrons. The van der Waals surface area contributed by atoms with Crippen LogP contribution in [-0.2, 0) is 13.0 Å². The monoisotopic (exact) mass is 441 g/mol. The third-order valence-electron chi connectivity index (χ3n) is 5.97. The van der Waals surface area contributed by atoms with Crippen LogP contribution in [0.4, 0.5) is 11.4 Å². The van der Waals surface area contributed by atoms with Crippen LogP contribution in [0.5, 0.6) is 0 Å². The zero-order chi connectivity index (χ0) is 21.5. The van der Waals surface area contributed by atoms with Gasteiger partial charge in [-0.05, 0) is 31.4 Å². The fourth-order valence-corrected chi connectivity index (χ4v) is 4.67. The lowest BCUT2D eigenvalue weighted by Crippen LogP contribution is -2.37.